The second kappa shape index (κ2) is 7.74. The number of hydrogen-bond acceptors (Lipinski definition) is 5. The molecule has 5 nitrogen and oxygen atoms in total. The highest BCUT2D eigenvalue weighted by atomic mass is 28.4. The van der Waals surface area contributed by atoms with E-state index in [1.54, 1.807) is 6.07 Å². The zero-order chi connectivity index (χ0) is 21.5. The van der Waals surface area contributed by atoms with E-state index in [9.17, 15) is 4.79 Å². The van der Waals surface area contributed by atoms with E-state index in [1.165, 1.54) is 0 Å². The first-order chi connectivity index (χ1) is 14.1. The lowest BCUT2D eigenvalue weighted by molar-refractivity contribution is 0.0256. The van der Waals surface area contributed by atoms with Gasteiger partial charge in [0.25, 0.3) is 0 Å². The van der Waals surface area contributed by atoms with E-state index in [0.717, 1.165) is 29.4 Å². The van der Waals surface area contributed by atoms with E-state index >= 15 is 0 Å². The molecular formula is C24H30O5Si. The van der Waals surface area contributed by atoms with Crippen LogP contribution in [0.2, 0.25) is 18.1 Å². The predicted octanol–water partition coefficient (Wildman–Crippen LogP) is 5.89. The van der Waals surface area contributed by atoms with Gasteiger partial charge >= 0.3 is 5.63 Å². The highest BCUT2D eigenvalue weighted by molar-refractivity contribution is 6.74. The molecular weight excluding hydrogens is 396 g/mol. The fourth-order valence-electron chi connectivity index (χ4n) is 3.46. The van der Waals surface area contributed by atoms with Crippen LogP contribution in [0.4, 0.5) is 0 Å². The Morgan fingerprint density at radius 2 is 1.60 bits per heavy atom. The molecule has 30 heavy (non-hydrogen) atoms. The van der Waals surface area contributed by atoms with Gasteiger partial charge in [0.2, 0.25) is 8.32 Å². The molecule has 0 atom stereocenters. The third kappa shape index (κ3) is 4.11. The molecule has 0 spiro atoms. The quantitative estimate of drug-likeness (QED) is 0.296. The largest absolute Gasteiger partial charge is 0.543 e. The van der Waals surface area contributed by atoms with Crippen molar-refractivity contribution in [3.63, 3.8) is 0 Å². The summed E-state index contributed by atoms with van der Waals surface area (Å²) in [6, 6.07) is 11.4. The van der Waals surface area contributed by atoms with Crippen molar-refractivity contribution in [1.82, 2.24) is 0 Å². The number of rotatable bonds is 4. The Hall–Kier alpha value is -2.31. The molecule has 0 radical (unpaired) electrons. The van der Waals surface area contributed by atoms with Gasteiger partial charge in [0.15, 0.2) is 0 Å². The molecule has 0 saturated carbocycles. The van der Waals surface area contributed by atoms with E-state index in [4.69, 9.17) is 18.3 Å². The molecule has 0 N–H and O–H groups in total. The van der Waals surface area contributed by atoms with Crippen molar-refractivity contribution in [2.45, 2.75) is 57.8 Å². The van der Waals surface area contributed by atoms with Crippen molar-refractivity contribution in [3.05, 3.63) is 46.8 Å². The fraction of sp³-hybridized carbons (Fsp3) is 0.458. The zero-order valence-corrected chi connectivity index (χ0v) is 19.4. The third-order valence-electron chi connectivity index (χ3n) is 6.31. The van der Waals surface area contributed by atoms with E-state index in [0.29, 0.717) is 29.9 Å². The lowest BCUT2D eigenvalue weighted by Crippen LogP contribution is -2.43. The van der Waals surface area contributed by atoms with Gasteiger partial charge in [-0.2, -0.15) is 0 Å². The van der Waals surface area contributed by atoms with Crippen molar-refractivity contribution >= 4 is 30.1 Å². The monoisotopic (exact) mass is 426 g/mol. The molecule has 1 saturated heterocycles. The molecule has 1 aromatic heterocycles. The van der Waals surface area contributed by atoms with Gasteiger partial charge < -0.3 is 18.3 Å². The first-order valence-electron chi connectivity index (χ1n) is 10.6. The maximum atomic E-state index is 12.7. The summed E-state index contributed by atoms with van der Waals surface area (Å²) >= 11 is 0. The van der Waals surface area contributed by atoms with Crippen molar-refractivity contribution in [2.24, 2.45) is 0 Å². The van der Waals surface area contributed by atoms with Gasteiger partial charge in [-0.3, -0.25) is 0 Å². The Morgan fingerprint density at radius 1 is 0.933 bits per heavy atom. The van der Waals surface area contributed by atoms with Crippen LogP contribution < -0.4 is 14.8 Å². The Bertz CT molecular complexity index is 1120. The van der Waals surface area contributed by atoms with Crippen LogP contribution in [0.25, 0.3) is 21.7 Å². The minimum atomic E-state index is -1.97. The van der Waals surface area contributed by atoms with Crippen molar-refractivity contribution < 1.29 is 18.3 Å². The van der Waals surface area contributed by atoms with Gasteiger partial charge in [-0.25, -0.2) is 4.79 Å². The van der Waals surface area contributed by atoms with Crippen molar-refractivity contribution in [1.29, 1.82) is 0 Å². The predicted molar refractivity (Wildman–Crippen MR) is 122 cm³/mol. The molecule has 2 heterocycles. The van der Waals surface area contributed by atoms with E-state index in [-0.39, 0.29) is 16.8 Å². The molecule has 0 aliphatic carbocycles. The first-order valence-corrected chi connectivity index (χ1v) is 13.5. The lowest BCUT2D eigenvalue weighted by Gasteiger charge is -2.36. The molecule has 1 aliphatic rings. The normalized spacial score (nSPS) is 16.2. The third-order valence-corrected chi connectivity index (χ3v) is 10.7. The van der Waals surface area contributed by atoms with Crippen LogP contribution in [0.5, 0.6) is 11.5 Å². The summed E-state index contributed by atoms with van der Waals surface area (Å²) in [7, 11) is -1.97. The maximum absolute atomic E-state index is 12.7. The smallest absolute Gasteiger partial charge is 0.344 e. The number of hydrogen-bond donors (Lipinski definition) is 0. The van der Waals surface area contributed by atoms with Crippen molar-refractivity contribution in [2.75, 3.05) is 13.2 Å². The number of benzene rings is 2. The molecule has 1 aliphatic heterocycles. The molecule has 4 rings (SSSR count). The summed E-state index contributed by atoms with van der Waals surface area (Å²) in [5.41, 5.74) is 0.182. The molecule has 0 bridgehead atoms. The summed E-state index contributed by atoms with van der Waals surface area (Å²) < 4.78 is 23.5. The van der Waals surface area contributed by atoms with Gasteiger partial charge in [0.05, 0.1) is 18.6 Å². The molecule has 3 aromatic rings. The lowest BCUT2D eigenvalue weighted by atomic mass is 10.1. The van der Waals surface area contributed by atoms with Crippen LogP contribution >= 0.6 is 0 Å². The van der Waals surface area contributed by atoms with Crippen LogP contribution in [-0.4, -0.2) is 27.6 Å². The molecule has 160 valence electrons. The molecule has 2 aromatic carbocycles. The number of fused-ring (bicyclic) bond motifs is 3. The van der Waals surface area contributed by atoms with E-state index < -0.39 is 8.32 Å². The zero-order valence-electron chi connectivity index (χ0n) is 18.4. The van der Waals surface area contributed by atoms with Gasteiger partial charge in [0.1, 0.15) is 23.2 Å². The van der Waals surface area contributed by atoms with Crippen LogP contribution in [-0.2, 0) is 4.74 Å². The minimum absolute atomic E-state index is 0.0903. The van der Waals surface area contributed by atoms with Gasteiger partial charge in [0, 0.05) is 29.7 Å². The van der Waals surface area contributed by atoms with Crippen LogP contribution in [0.15, 0.2) is 45.6 Å². The van der Waals surface area contributed by atoms with E-state index in [1.807, 2.05) is 30.3 Å². The molecule has 6 heteroatoms. The summed E-state index contributed by atoms with van der Waals surface area (Å²) in [6.07, 6.45) is 1.85. The number of ether oxygens (including phenoxy) is 2. The van der Waals surface area contributed by atoms with Gasteiger partial charge in [-0.15, -0.1) is 0 Å². The van der Waals surface area contributed by atoms with E-state index in [2.05, 4.69) is 33.9 Å². The standard InChI is InChI=1S/C24H30O5Si/c1-24(2,3)30(4,5)29-18-7-9-20-19-8-6-17(27-16-10-12-26-13-11-16)14-21(19)23(25)28-22(20)15-18/h6-9,14-16H,10-13H2,1-5H3. The Labute approximate surface area is 178 Å². The topological polar surface area (TPSA) is 57.9 Å². The highest BCUT2D eigenvalue weighted by Gasteiger charge is 2.39. The minimum Gasteiger partial charge on any atom is -0.543 e. The molecule has 1 fully saturated rings. The summed E-state index contributed by atoms with van der Waals surface area (Å²) in [5, 5.41) is 2.38. The SMILES string of the molecule is CC(C)(C)[Si](C)(C)Oc1ccc2c(c1)oc(=O)c1cc(OC3CCOCC3)ccc12. The first kappa shape index (κ1) is 20.9. The highest BCUT2D eigenvalue weighted by Crippen LogP contribution is 2.38. The van der Waals surface area contributed by atoms with Crippen LogP contribution in [0, 0.1) is 0 Å². The van der Waals surface area contributed by atoms with Gasteiger partial charge in [-0.1, -0.05) is 20.8 Å². The second-order valence-corrected chi connectivity index (χ2v) is 14.3. The Balaban J connectivity index is 1.68. The fourth-order valence-corrected chi connectivity index (χ4v) is 4.48. The summed E-state index contributed by atoms with van der Waals surface area (Å²) in [4.78, 5) is 12.7. The van der Waals surface area contributed by atoms with Crippen LogP contribution in [0.3, 0.4) is 0 Å². The average Bonchev–Trinajstić information content (AvgIpc) is 2.68. The molecule has 0 amide bonds. The average molecular weight is 427 g/mol. The molecule has 0 unspecified atom stereocenters. The second-order valence-electron chi connectivity index (χ2n) is 9.55. The Morgan fingerprint density at radius 3 is 2.30 bits per heavy atom. The van der Waals surface area contributed by atoms with Gasteiger partial charge in [-0.05, 0) is 48.5 Å². The Kier molecular flexibility index (Phi) is 5.40. The van der Waals surface area contributed by atoms with Crippen LogP contribution in [0.1, 0.15) is 33.6 Å². The van der Waals surface area contributed by atoms with Crippen molar-refractivity contribution in [3.8, 4) is 11.5 Å². The maximum Gasteiger partial charge on any atom is 0.344 e. The summed E-state index contributed by atoms with van der Waals surface area (Å²) in [5.74, 6) is 1.44. The summed E-state index contributed by atoms with van der Waals surface area (Å²) in [6.45, 7) is 12.4.